The zero-order valence-corrected chi connectivity index (χ0v) is 12.2. The molecule has 0 unspecified atom stereocenters. The average molecular weight is 270 g/mol. The summed E-state index contributed by atoms with van der Waals surface area (Å²) in [6, 6.07) is 0. The molecule has 0 spiro atoms. The molecule has 0 amide bonds. The molecule has 1 heterocycles. The molecule has 3 atom stereocenters. The minimum absolute atomic E-state index is 0.0174. The van der Waals surface area contributed by atoms with Crippen molar-refractivity contribution in [1.29, 1.82) is 0 Å². The fourth-order valence-electron chi connectivity index (χ4n) is 4.08. The quantitative estimate of drug-likeness (QED) is 0.688. The fraction of sp³-hybridized carbons (Fsp3) is 0.857. The van der Waals surface area contributed by atoms with Crippen molar-refractivity contribution in [2.75, 3.05) is 5.75 Å². The van der Waals surface area contributed by atoms with Crippen LogP contribution in [0.15, 0.2) is 12.2 Å². The molecule has 1 saturated heterocycles. The van der Waals surface area contributed by atoms with E-state index in [1.165, 1.54) is 0 Å². The highest BCUT2D eigenvalue weighted by Crippen LogP contribution is 2.70. The van der Waals surface area contributed by atoms with Crippen LogP contribution in [0.2, 0.25) is 0 Å². The molecule has 4 heteroatoms. The summed E-state index contributed by atoms with van der Waals surface area (Å²) in [5, 5.41) is 0. The van der Waals surface area contributed by atoms with Gasteiger partial charge in [0.15, 0.2) is 15.3 Å². The number of hydrogen-bond donors (Lipinski definition) is 0. The van der Waals surface area contributed by atoms with Crippen LogP contribution >= 0.6 is 0 Å². The Morgan fingerprint density at radius 2 is 1.83 bits per heavy atom. The monoisotopic (exact) mass is 270 g/mol. The Labute approximate surface area is 110 Å². The van der Waals surface area contributed by atoms with Gasteiger partial charge in [-0.2, -0.15) is 0 Å². The van der Waals surface area contributed by atoms with Crippen LogP contribution in [-0.2, 0) is 14.6 Å². The molecule has 0 radical (unpaired) electrons. The molecule has 3 nitrogen and oxygen atoms in total. The van der Waals surface area contributed by atoms with Crippen LogP contribution < -0.4 is 0 Å². The lowest BCUT2D eigenvalue weighted by molar-refractivity contribution is -0.157. The summed E-state index contributed by atoms with van der Waals surface area (Å²) in [4.78, 5) is 0. The van der Waals surface area contributed by atoms with Crippen molar-refractivity contribution in [3.63, 3.8) is 0 Å². The zero-order chi connectivity index (χ0) is 13.2. The lowest BCUT2D eigenvalue weighted by Gasteiger charge is -2.58. The number of ether oxygens (including phenoxy) is 1. The van der Waals surface area contributed by atoms with Crippen molar-refractivity contribution >= 4 is 9.84 Å². The fourth-order valence-corrected chi connectivity index (χ4v) is 7.13. The summed E-state index contributed by atoms with van der Waals surface area (Å²) in [6.07, 6.45) is 8.13. The Morgan fingerprint density at radius 1 is 1.17 bits per heavy atom. The summed E-state index contributed by atoms with van der Waals surface area (Å²) in [5.74, 6) is 0.324. The van der Waals surface area contributed by atoms with Gasteiger partial charge in [-0.3, -0.25) is 0 Å². The van der Waals surface area contributed by atoms with E-state index < -0.39 is 20.9 Å². The average Bonchev–Trinajstić information content (AvgIpc) is 2.33. The van der Waals surface area contributed by atoms with Gasteiger partial charge in [0.2, 0.25) is 0 Å². The minimum Gasteiger partial charge on any atom is -0.356 e. The Balaban J connectivity index is 2.04. The van der Waals surface area contributed by atoms with E-state index in [1.54, 1.807) is 0 Å². The van der Waals surface area contributed by atoms with Crippen LogP contribution in [0.3, 0.4) is 0 Å². The second-order valence-corrected chi connectivity index (χ2v) is 9.23. The first kappa shape index (κ1) is 12.7. The lowest BCUT2D eigenvalue weighted by atomic mass is 9.46. The van der Waals surface area contributed by atoms with Gasteiger partial charge in [-0.05, 0) is 51.9 Å². The van der Waals surface area contributed by atoms with E-state index in [4.69, 9.17) is 4.74 Å². The molecular weight excluding hydrogens is 248 g/mol. The van der Waals surface area contributed by atoms with E-state index >= 15 is 0 Å². The van der Waals surface area contributed by atoms with Crippen molar-refractivity contribution in [2.24, 2.45) is 10.8 Å². The third-order valence-electron chi connectivity index (χ3n) is 4.98. The predicted molar refractivity (Wildman–Crippen MR) is 70.9 cm³/mol. The molecule has 18 heavy (non-hydrogen) atoms. The maximum Gasteiger partial charge on any atom is 0.178 e. The normalized spacial score (nSPS) is 45.2. The molecule has 3 aliphatic rings. The van der Waals surface area contributed by atoms with Gasteiger partial charge < -0.3 is 4.74 Å². The van der Waals surface area contributed by atoms with E-state index in [2.05, 4.69) is 12.2 Å². The standard InChI is InChI=1S/C14H22O3S/c1-12(2,3)17-11-14-7-5-4-6-13(14,8-9-14)10-18(11,15)16/h4-5,11H,6-10H2,1-3H3/t11-,13+,14+/m1/s1. The summed E-state index contributed by atoms with van der Waals surface area (Å²) >= 11 is 0. The Hall–Kier alpha value is -0.350. The van der Waals surface area contributed by atoms with Crippen LogP contribution in [0.4, 0.5) is 0 Å². The molecule has 0 bridgehead atoms. The third kappa shape index (κ3) is 1.48. The molecule has 3 rings (SSSR count). The van der Waals surface area contributed by atoms with Gasteiger partial charge in [-0.1, -0.05) is 12.2 Å². The highest BCUT2D eigenvalue weighted by atomic mass is 32.2. The van der Waals surface area contributed by atoms with E-state index in [9.17, 15) is 8.42 Å². The van der Waals surface area contributed by atoms with E-state index in [1.807, 2.05) is 20.8 Å². The topological polar surface area (TPSA) is 43.4 Å². The highest BCUT2D eigenvalue weighted by Gasteiger charge is 2.72. The zero-order valence-electron chi connectivity index (χ0n) is 11.4. The maximum atomic E-state index is 12.5. The first-order valence-electron chi connectivity index (χ1n) is 6.75. The van der Waals surface area contributed by atoms with Gasteiger partial charge in [0.05, 0.1) is 11.4 Å². The van der Waals surface area contributed by atoms with Crippen molar-refractivity contribution in [3.8, 4) is 0 Å². The Bertz CT molecular complexity index is 500. The third-order valence-corrected chi connectivity index (χ3v) is 7.13. The number of hydrogen-bond acceptors (Lipinski definition) is 3. The SMILES string of the molecule is CC(C)(C)O[C@H]1[C@@]23CC=CC[C@]2(CC3)CS1(=O)=O. The molecule has 102 valence electrons. The van der Waals surface area contributed by atoms with Gasteiger partial charge in [0, 0.05) is 5.41 Å². The van der Waals surface area contributed by atoms with Gasteiger partial charge in [0.1, 0.15) is 0 Å². The molecule has 1 saturated carbocycles. The van der Waals surface area contributed by atoms with E-state index in [0.29, 0.717) is 5.75 Å². The number of allylic oxidation sites excluding steroid dienone is 2. The van der Waals surface area contributed by atoms with Crippen LogP contribution in [-0.4, -0.2) is 25.2 Å². The summed E-state index contributed by atoms with van der Waals surface area (Å²) in [6.45, 7) is 5.82. The van der Waals surface area contributed by atoms with Gasteiger partial charge in [-0.25, -0.2) is 8.42 Å². The second-order valence-electron chi connectivity index (χ2n) is 7.19. The van der Waals surface area contributed by atoms with E-state index in [-0.39, 0.29) is 10.8 Å². The smallest absolute Gasteiger partial charge is 0.178 e. The number of rotatable bonds is 1. The van der Waals surface area contributed by atoms with Crippen LogP contribution in [0.25, 0.3) is 0 Å². The molecule has 1 aliphatic heterocycles. The maximum absolute atomic E-state index is 12.5. The minimum atomic E-state index is -3.12. The van der Waals surface area contributed by atoms with Crippen molar-refractivity contribution in [1.82, 2.24) is 0 Å². The number of sulfone groups is 1. The molecule has 0 N–H and O–H groups in total. The second kappa shape index (κ2) is 3.40. The lowest BCUT2D eigenvalue weighted by Crippen LogP contribution is -2.56. The molecule has 0 aromatic rings. The summed E-state index contributed by atoms with van der Waals surface area (Å²) in [7, 11) is -3.12. The van der Waals surface area contributed by atoms with E-state index in [0.717, 1.165) is 25.7 Å². The molecule has 0 aromatic heterocycles. The van der Waals surface area contributed by atoms with Crippen LogP contribution in [0, 0.1) is 10.8 Å². The van der Waals surface area contributed by atoms with Crippen molar-refractivity contribution < 1.29 is 13.2 Å². The van der Waals surface area contributed by atoms with Gasteiger partial charge >= 0.3 is 0 Å². The molecule has 2 aliphatic carbocycles. The first-order valence-corrected chi connectivity index (χ1v) is 8.47. The molecule has 0 aromatic carbocycles. The highest BCUT2D eigenvalue weighted by molar-refractivity contribution is 7.92. The molecular formula is C14H22O3S. The van der Waals surface area contributed by atoms with Crippen LogP contribution in [0.5, 0.6) is 0 Å². The summed E-state index contributed by atoms with van der Waals surface area (Å²) in [5.41, 5.74) is -1.15. The first-order chi connectivity index (χ1) is 8.21. The van der Waals surface area contributed by atoms with Gasteiger partial charge in [-0.15, -0.1) is 0 Å². The Morgan fingerprint density at radius 3 is 2.39 bits per heavy atom. The predicted octanol–water partition coefficient (Wildman–Crippen LogP) is 2.67. The summed E-state index contributed by atoms with van der Waals surface area (Å²) < 4.78 is 31.0. The van der Waals surface area contributed by atoms with Crippen molar-refractivity contribution in [2.45, 2.75) is 57.5 Å². The van der Waals surface area contributed by atoms with Crippen LogP contribution in [0.1, 0.15) is 46.5 Å². The molecule has 2 fully saturated rings. The van der Waals surface area contributed by atoms with Crippen molar-refractivity contribution in [3.05, 3.63) is 12.2 Å². The largest absolute Gasteiger partial charge is 0.356 e. The van der Waals surface area contributed by atoms with Gasteiger partial charge in [0.25, 0.3) is 0 Å². The Kier molecular flexibility index (Phi) is 2.39.